The largest absolute Gasteiger partial charge is 0.544 e. The van der Waals surface area contributed by atoms with Gasteiger partial charge in [-0.05, 0) is 0 Å². The number of aliphatic carboxylic acids is 1. The molecule has 0 aliphatic rings. The normalized spacial score (nSPS) is 9.60. The summed E-state index contributed by atoms with van der Waals surface area (Å²) in [7, 11) is 5.40. The van der Waals surface area contributed by atoms with E-state index in [0.29, 0.717) is 11.1 Å². The Morgan fingerprint density at radius 2 is 1.87 bits per heavy atom. The van der Waals surface area contributed by atoms with E-state index in [1.165, 1.54) is 13.0 Å². The third-order valence-corrected chi connectivity index (χ3v) is 1.01. The van der Waals surface area contributed by atoms with Crippen molar-refractivity contribution in [3.05, 3.63) is 12.7 Å². The molecule has 0 N–H and O–H groups in total. The van der Waals surface area contributed by atoms with Gasteiger partial charge in [0, 0.05) is 6.92 Å². The maximum atomic E-state index is 9.93. The molecule has 0 aromatic heterocycles. The van der Waals surface area contributed by atoms with Crippen LogP contribution in [0.2, 0.25) is 0 Å². The Morgan fingerprint density at radius 1 is 1.40 bits per heavy atom. The van der Waals surface area contributed by atoms with E-state index in [-0.39, 0.29) is 12.5 Å². The molecule has 0 heterocycles. The molecule has 15 heavy (non-hydrogen) atoms. The average Bonchev–Trinajstić information content (AvgIpc) is 1.96. The van der Waals surface area contributed by atoms with E-state index in [4.69, 9.17) is 0 Å². The van der Waals surface area contributed by atoms with Gasteiger partial charge in [-0.3, -0.25) is 4.79 Å². The minimum atomic E-state index is -1.00. The van der Waals surface area contributed by atoms with Crippen molar-refractivity contribution >= 4 is 11.9 Å². The second kappa shape index (κ2) is 7.99. The van der Waals surface area contributed by atoms with Crippen LogP contribution in [0.4, 0.5) is 0 Å². The fraction of sp³-hybridized carbons (Fsp3) is 0.600. The topological polar surface area (TPSA) is 66.4 Å². The lowest BCUT2D eigenvalue weighted by molar-refractivity contribution is -0.864. The lowest BCUT2D eigenvalue weighted by atomic mass is 10.5. The summed E-state index contributed by atoms with van der Waals surface area (Å²) in [4.78, 5) is 19.8. The van der Waals surface area contributed by atoms with E-state index < -0.39 is 5.97 Å². The number of hydrogen-bond acceptors (Lipinski definition) is 4. The van der Waals surface area contributed by atoms with E-state index >= 15 is 0 Å². The molecule has 0 amide bonds. The Kier molecular flexibility index (Phi) is 8.57. The summed E-state index contributed by atoms with van der Waals surface area (Å²) < 4.78 is 4.85. The highest BCUT2D eigenvalue weighted by Crippen LogP contribution is 1.84. The zero-order valence-electron chi connectivity index (χ0n) is 9.78. The Morgan fingerprint density at radius 3 is 1.93 bits per heavy atom. The molecule has 0 fully saturated rings. The van der Waals surface area contributed by atoms with Crippen LogP contribution in [0.5, 0.6) is 0 Å². The van der Waals surface area contributed by atoms with Gasteiger partial charge in [-0.1, -0.05) is 12.7 Å². The second-order valence-electron chi connectivity index (χ2n) is 3.91. The number of carboxylic acids is 1. The van der Waals surface area contributed by atoms with Crippen molar-refractivity contribution in [3.63, 3.8) is 0 Å². The zero-order valence-corrected chi connectivity index (χ0v) is 9.78. The van der Waals surface area contributed by atoms with Crippen LogP contribution >= 0.6 is 0 Å². The van der Waals surface area contributed by atoms with E-state index in [0.717, 1.165) is 0 Å². The molecular weight excluding hydrogens is 198 g/mol. The van der Waals surface area contributed by atoms with Crippen molar-refractivity contribution in [2.45, 2.75) is 6.92 Å². The summed E-state index contributed by atoms with van der Waals surface area (Å²) in [5.74, 6) is -1.27. The predicted molar refractivity (Wildman–Crippen MR) is 54.7 cm³/mol. The summed E-state index contributed by atoms with van der Waals surface area (Å²) in [6, 6.07) is 0. The van der Waals surface area contributed by atoms with Crippen LogP contribution in [-0.4, -0.2) is 50.7 Å². The third kappa shape index (κ3) is 24.5. The number of esters is 1. The second-order valence-corrected chi connectivity index (χ2v) is 3.91. The van der Waals surface area contributed by atoms with Crippen LogP contribution in [0.1, 0.15) is 6.92 Å². The monoisotopic (exact) mass is 217 g/mol. The molecule has 88 valence electrons. The first-order valence-corrected chi connectivity index (χ1v) is 4.43. The molecule has 0 aliphatic carbocycles. The first-order chi connectivity index (χ1) is 6.69. The highest BCUT2D eigenvalue weighted by molar-refractivity contribution is 5.66. The molecule has 0 saturated carbocycles. The summed E-state index contributed by atoms with van der Waals surface area (Å²) in [6.07, 6.45) is 1.53. The van der Waals surface area contributed by atoms with Gasteiger partial charge in [0.05, 0.1) is 27.1 Å². The summed E-state index contributed by atoms with van der Waals surface area (Å²) >= 11 is 0. The van der Waals surface area contributed by atoms with Crippen molar-refractivity contribution in [1.82, 2.24) is 0 Å². The number of quaternary nitrogens is 1. The number of carbonyl (C=O) groups is 2. The van der Waals surface area contributed by atoms with Crippen molar-refractivity contribution in [1.29, 1.82) is 0 Å². The molecular formula is C10H19NO4. The number of ether oxygens (including phenoxy) is 1. The highest BCUT2D eigenvalue weighted by atomic mass is 16.5. The predicted octanol–water partition coefficient (Wildman–Crippen LogP) is -0.822. The maximum Gasteiger partial charge on any atom is 0.302 e. The average molecular weight is 217 g/mol. The van der Waals surface area contributed by atoms with Gasteiger partial charge >= 0.3 is 5.97 Å². The van der Waals surface area contributed by atoms with E-state index in [1.807, 2.05) is 0 Å². The smallest absolute Gasteiger partial charge is 0.302 e. The van der Waals surface area contributed by atoms with Crippen LogP contribution in [-0.2, 0) is 14.3 Å². The van der Waals surface area contributed by atoms with Gasteiger partial charge in [0.1, 0.15) is 13.2 Å². The number of carboxylic acid groups (broad SMARTS) is 1. The van der Waals surface area contributed by atoms with Crippen molar-refractivity contribution in [2.75, 3.05) is 34.3 Å². The summed E-state index contributed by atoms with van der Waals surface area (Å²) in [6.45, 7) is 5.10. The SMILES string of the molecule is C=CCOC(C)=O.C[N+](C)(C)CC(=O)[O-]. The Bertz CT molecular complexity index is 218. The van der Waals surface area contributed by atoms with Gasteiger partial charge in [-0.25, -0.2) is 0 Å². The number of rotatable bonds is 4. The van der Waals surface area contributed by atoms with E-state index in [1.54, 1.807) is 21.1 Å². The highest BCUT2D eigenvalue weighted by Gasteiger charge is 2.04. The van der Waals surface area contributed by atoms with Gasteiger partial charge in [-0.15, -0.1) is 0 Å². The van der Waals surface area contributed by atoms with E-state index in [9.17, 15) is 14.7 Å². The number of carbonyl (C=O) groups excluding carboxylic acids is 2. The molecule has 0 aliphatic heterocycles. The molecule has 0 saturated heterocycles. The van der Waals surface area contributed by atoms with Crippen molar-refractivity contribution in [2.24, 2.45) is 0 Å². The van der Waals surface area contributed by atoms with Crippen LogP contribution in [0.3, 0.4) is 0 Å². The van der Waals surface area contributed by atoms with Crippen molar-refractivity contribution < 1.29 is 23.9 Å². The van der Waals surface area contributed by atoms with Crippen molar-refractivity contribution in [3.8, 4) is 0 Å². The number of hydrogen-bond donors (Lipinski definition) is 0. The molecule has 0 aromatic rings. The van der Waals surface area contributed by atoms with E-state index in [2.05, 4.69) is 11.3 Å². The molecule has 0 unspecified atom stereocenters. The molecule has 0 radical (unpaired) electrons. The Labute approximate surface area is 90.5 Å². The van der Waals surface area contributed by atoms with Crippen LogP contribution in [0.15, 0.2) is 12.7 Å². The molecule has 0 bridgehead atoms. The first-order valence-electron chi connectivity index (χ1n) is 4.43. The van der Waals surface area contributed by atoms with Gasteiger partial charge in [0.15, 0.2) is 0 Å². The Balaban J connectivity index is 0. The molecule has 5 heteroatoms. The molecule has 0 atom stereocenters. The van der Waals surface area contributed by atoms with Gasteiger partial charge in [0.2, 0.25) is 0 Å². The van der Waals surface area contributed by atoms with Crippen LogP contribution < -0.4 is 5.11 Å². The fourth-order valence-corrected chi connectivity index (χ4v) is 0.564. The minimum absolute atomic E-state index is 0.0694. The third-order valence-electron chi connectivity index (χ3n) is 1.01. The molecule has 5 nitrogen and oxygen atoms in total. The maximum absolute atomic E-state index is 9.93. The van der Waals surface area contributed by atoms with Crippen LogP contribution in [0, 0.1) is 0 Å². The molecule has 0 aromatic carbocycles. The summed E-state index contributed by atoms with van der Waals surface area (Å²) in [5, 5.41) is 9.89. The lowest BCUT2D eigenvalue weighted by Gasteiger charge is -2.23. The minimum Gasteiger partial charge on any atom is -0.544 e. The number of nitrogens with zero attached hydrogens (tertiary/aromatic N) is 1. The molecule has 0 spiro atoms. The molecule has 0 rings (SSSR count). The Hall–Kier alpha value is -1.36. The standard InChI is InChI=1S/C5H11NO2.C5H8O2/c1-6(2,3)4-5(7)8;1-3-4-7-5(2)6/h4H2,1-3H3;3H,1,4H2,2H3. The fourth-order valence-electron chi connectivity index (χ4n) is 0.564. The first kappa shape index (κ1) is 16.1. The van der Waals surface area contributed by atoms with Crippen LogP contribution in [0.25, 0.3) is 0 Å². The van der Waals surface area contributed by atoms with Gasteiger partial charge in [0.25, 0.3) is 0 Å². The summed E-state index contributed by atoms with van der Waals surface area (Å²) in [5.41, 5.74) is 0. The lowest BCUT2D eigenvalue weighted by Crippen LogP contribution is -2.45. The zero-order chi connectivity index (χ0) is 12.5. The number of likely N-dealkylation sites (N-methyl/N-ethyl adjacent to an activating group) is 1. The quantitative estimate of drug-likeness (QED) is 0.350. The van der Waals surface area contributed by atoms with Gasteiger partial charge in [-0.2, -0.15) is 0 Å². The van der Waals surface area contributed by atoms with Gasteiger partial charge < -0.3 is 19.1 Å².